The van der Waals surface area contributed by atoms with Gasteiger partial charge in [0.1, 0.15) is 5.01 Å². The molecule has 1 aliphatic rings. The summed E-state index contributed by atoms with van der Waals surface area (Å²) in [6, 6.07) is -0.192. The number of hydrogen-bond acceptors (Lipinski definition) is 6. The van der Waals surface area contributed by atoms with E-state index in [0.717, 1.165) is 17.2 Å². The third-order valence-corrected chi connectivity index (χ3v) is 6.17. The number of hydrogen-bond donors (Lipinski definition) is 0. The highest BCUT2D eigenvalue weighted by Gasteiger charge is 2.32. The molecule has 1 saturated heterocycles. The predicted octanol–water partition coefficient (Wildman–Crippen LogP) is 0.393. The molecule has 2 rings (SSSR count). The van der Waals surface area contributed by atoms with Gasteiger partial charge in [0.15, 0.2) is 9.84 Å². The molecule has 2 heterocycles. The molecule has 0 bridgehead atoms. The summed E-state index contributed by atoms with van der Waals surface area (Å²) in [4.78, 5) is 20.3. The summed E-state index contributed by atoms with van der Waals surface area (Å²) in [6.07, 6.45) is 0.768. The fourth-order valence-electron chi connectivity index (χ4n) is 2.34. The van der Waals surface area contributed by atoms with Crippen LogP contribution in [0, 0.1) is 0 Å². The number of thiazole rings is 1. The molecule has 1 fully saturated rings. The molecule has 0 radical (unpaired) electrons. The van der Waals surface area contributed by atoms with Gasteiger partial charge in [-0.05, 0) is 20.5 Å². The van der Waals surface area contributed by atoms with E-state index < -0.39 is 9.84 Å². The quantitative estimate of drug-likeness (QED) is 0.781. The molecular weight excluding hydrogens is 310 g/mol. The summed E-state index contributed by atoms with van der Waals surface area (Å²) in [5.74, 6) is 0.191. The number of aromatic nitrogens is 1. The van der Waals surface area contributed by atoms with Gasteiger partial charge >= 0.3 is 0 Å². The van der Waals surface area contributed by atoms with Crippen molar-refractivity contribution in [1.82, 2.24) is 14.8 Å². The Bertz CT molecular complexity index is 610. The molecule has 0 saturated carbocycles. The van der Waals surface area contributed by atoms with Crippen molar-refractivity contribution in [3.05, 3.63) is 16.1 Å². The van der Waals surface area contributed by atoms with E-state index in [1.165, 1.54) is 0 Å². The number of nitrogens with zero attached hydrogens (tertiary/aromatic N) is 3. The highest BCUT2D eigenvalue weighted by molar-refractivity contribution is 7.91. The van der Waals surface area contributed by atoms with Crippen LogP contribution in [0.25, 0.3) is 0 Å². The first-order valence-electron chi connectivity index (χ1n) is 6.81. The summed E-state index contributed by atoms with van der Waals surface area (Å²) in [5, 5.41) is 2.88. The Morgan fingerprint density at radius 2 is 2.14 bits per heavy atom. The lowest BCUT2D eigenvalue weighted by atomic mass is 10.2. The molecule has 1 aromatic heterocycles. The van der Waals surface area contributed by atoms with Gasteiger partial charge in [-0.25, -0.2) is 13.4 Å². The number of sulfone groups is 1. The van der Waals surface area contributed by atoms with Gasteiger partial charge in [-0.2, -0.15) is 0 Å². The summed E-state index contributed by atoms with van der Waals surface area (Å²) >= 11 is 1.54. The van der Waals surface area contributed by atoms with Crippen LogP contribution in [0.1, 0.15) is 17.1 Å². The molecule has 0 aliphatic carbocycles. The van der Waals surface area contributed by atoms with Crippen molar-refractivity contribution in [2.75, 3.05) is 32.6 Å². The molecule has 0 aromatic carbocycles. The van der Waals surface area contributed by atoms with Crippen LogP contribution in [0.15, 0.2) is 5.38 Å². The molecular formula is C13H21N3O3S2. The second kappa shape index (κ2) is 6.41. The van der Waals surface area contributed by atoms with E-state index in [0.29, 0.717) is 6.42 Å². The topological polar surface area (TPSA) is 70.6 Å². The monoisotopic (exact) mass is 331 g/mol. The van der Waals surface area contributed by atoms with Crippen molar-refractivity contribution in [1.29, 1.82) is 0 Å². The summed E-state index contributed by atoms with van der Waals surface area (Å²) in [7, 11) is 2.66. The zero-order valence-corrected chi connectivity index (χ0v) is 14.2. The maximum Gasteiger partial charge on any atom is 0.228 e. The minimum absolute atomic E-state index is 0.0706. The molecule has 1 atom stereocenters. The molecule has 118 valence electrons. The van der Waals surface area contributed by atoms with E-state index in [-0.39, 0.29) is 29.9 Å². The smallest absolute Gasteiger partial charge is 0.228 e. The molecule has 0 N–H and O–H groups in total. The van der Waals surface area contributed by atoms with Gasteiger partial charge in [0.25, 0.3) is 0 Å². The fraction of sp³-hybridized carbons (Fsp3) is 0.692. The van der Waals surface area contributed by atoms with Crippen molar-refractivity contribution in [3.8, 4) is 0 Å². The lowest BCUT2D eigenvalue weighted by molar-refractivity contribution is -0.130. The average molecular weight is 331 g/mol. The van der Waals surface area contributed by atoms with Crippen LogP contribution in [0.2, 0.25) is 0 Å². The Hall–Kier alpha value is -0.990. The Balaban J connectivity index is 1.93. The number of rotatable bonds is 5. The predicted molar refractivity (Wildman–Crippen MR) is 83.0 cm³/mol. The molecule has 1 aromatic rings. The molecule has 1 unspecified atom stereocenters. The Kier molecular flexibility index (Phi) is 5.00. The molecule has 21 heavy (non-hydrogen) atoms. The van der Waals surface area contributed by atoms with Crippen LogP contribution in [-0.2, 0) is 27.6 Å². The van der Waals surface area contributed by atoms with Gasteiger partial charge in [-0.1, -0.05) is 0 Å². The van der Waals surface area contributed by atoms with Gasteiger partial charge in [-0.3, -0.25) is 4.79 Å². The van der Waals surface area contributed by atoms with Gasteiger partial charge < -0.3 is 9.80 Å². The minimum Gasteiger partial charge on any atom is -0.341 e. The lowest BCUT2D eigenvalue weighted by Gasteiger charge is -2.23. The van der Waals surface area contributed by atoms with Crippen LogP contribution >= 0.6 is 11.3 Å². The van der Waals surface area contributed by atoms with E-state index in [1.54, 1.807) is 23.3 Å². The SMILES string of the molecule is CN(C)Cc1nc(CC(=O)N(C)C2CCS(=O)(=O)C2)cs1. The van der Waals surface area contributed by atoms with E-state index in [4.69, 9.17) is 0 Å². The van der Waals surface area contributed by atoms with Crippen LogP contribution in [0.4, 0.5) is 0 Å². The minimum atomic E-state index is -2.97. The molecule has 1 aliphatic heterocycles. The highest BCUT2D eigenvalue weighted by atomic mass is 32.2. The maximum atomic E-state index is 12.2. The van der Waals surface area contributed by atoms with Crippen LogP contribution in [-0.4, -0.2) is 67.8 Å². The van der Waals surface area contributed by atoms with Crippen molar-refractivity contribution >= 4 is 27.1 Å². The third-order valence-electron chi connectivity index (χ3n) is 3.53. The highest BCUT2D eigenvalue weighted by Crippen LogP contribution is 2.18. The number of carbonyl (C=O) groups excluding carboxylic acids is 1. The summed E-state index contributed by atoms with van der Waals surface area (Å²) < 4.78 is 23.0. The largest absolute Gasteiger partial charge is 0.341 e. The average Bonchev–Trinajstić information content (AvgIpc) is 2.94. The van der Waals surface area contributed by atoms with Gasteiger partial charge in [0.05, 0.1) is 23.6 Å². The lowest BCUT2D eigenvalue weighted by Crippen LogP contribution is -2.38. The maximum absolute atomic E-state index is 12.2. The van der Waals surface area contributed by atoms with Gasteiger partial charge in [0.2, 0.25) is 5.91 Å². The van der Waals surface area contributed by atoms with E-state index in [1.807, 2.05) is 24.4 Å². The van der Waals surface area contributed by atoms with E-state index in [9.17, 15) is 13.2 Å². The summed E-state index contributed by atoms with van der Waals surface area (Å²) in [5.41, 5.74) is 0.759. The van der Waals surface area contributed by atoms with E-state index in [2.05, 4.69) is 4.98 Å². The fourth-order valence-corrected chi connectivity index (χ4v) is 5.02. The molecule has 8 heteroatoms. The normalized spacial score (nSPS) is 20.9. The number of carbonyl (C=O) groups is 1. The van der Waals surface area contributed by atoms with Crippen molar-refractivity contribution in [3.63, 3.8) is 0 Å². The molecule has 1 amide bonds. The zero-order valence-electron chi connectivity index (χ0n) is 12.6. The number of amides is 1. The van der Waals surface area contributed by atoms with E-state index >= 15 is 0 Å². The first-order valence-corrected chi connectivity index (χ1v) is 9.51. The Morgan fingerprint density at radius 3 is 2.71 bits per heavy atom. The van der Waals surface area contributed by atoms with Crippen molar-refractivity contribution in [2.45, 2.75) is 25.4 Å². The van der Waals surface area contributed by atoms with Gasteiger partial charge in [-0.15, -0.1) is 11.3 Å². The second-order valence-corrected chi connectivity index (χ2v) is 8.88. The number of likely N-dealkylation sites (N-methyl/N-ethyl adjacent to an activating group) is 1. The molecule has 6 nitrogen and oxygen atoms in total. The van der Waals surface area contributed by atoms with Crippen LogP contribution in [0.5, 0.6) is 0 Å². The molecule has 0 spiro atoms. The Morgan fingerprint density at radius 1 is 1.43 bits per heavy atom. The first kappa shape index (κ1) is 16.4. The third kappa shape index (κ3) is 4.49. The summed E-state index contributed by atoms with van der Waals surface area (Å²) in [6.45, 7) is 0.759. The first-order chi connectivity index (χ1) is 9.77. The van der Waals surface area contributed by atoms with Crippen LogP contribution in [0.3, 0.4) is 0 Å². The standard InChI is InChI=1S/C13H21N3O3S2/c1-15(2)7-12-14-10(8-20-12)6-13(17)16(3)11-4-5-21(18,19)9-11/h8,11H,4-7,9H2,1-3H3. The van der Waals surface area contributed by atoms with Crippen LogP contribution < -0.4 is 0 Å². The Labute approximate surface area is 129 Å². The zero-order chi connectivity index (χ0) is 15.6. The second-order valence-electron chi connectivity index (χ2n) is 5.71. The van der Waals surface area contributed by atoms with Crippen molar-refractivity contribution < 1.29 is 13.2 Å². The van der Waals surface area contributed by atoms with Crippen molar-refractivity contribution in [2.24, 2.45) is 0 Å². The van der Waals surface area contributed by atoms with Gasteiger partial charge in [0, 0.05) is 25.0 Å².